The molecule has 0 amide bonds. The van der Waals surface area contributed by atoms with Crippen LogP contribution in [0.4, 0.5) is 0 Å². The van der Waals surface area contributed by atoms with Crippen LogP contribution in [0.2, 0.25) is 0 Å². The second-order valence-corrected chi connectivity index (χ2v) is 15.9. The summed E-state index contributed by atoms with van der Waals surface area (Å²) in [4.78, 5) is 0. The minimum absolute atomic E-state index is 0. The van der Waals surface area contributed by atoms with Crippen LogP contribution in [0.25, 0.3) is 0 Å². The zero-order valence-electron chi connectivity index (χ0n) is 12.7. The first-order valence-electron chi connectivity index (χ1n) is 4.19. The van der Waals surface area contributed by atoms with Crippen LogP contribution in [0.3, 0.4) is 0 Å². The summed E-state index contributed by atoms with van der Waals surface area (Å²) in [5.41, 5.74) is 0. The van der Waals surface area contributed by atoms with Crippen molar-refractivity contribution < 1.29 is 79.9 Å². The van der Waals surface area contributed by atoms with Crippen molar-refractivity contribution in [3.8, 4) is 0 Å². The Bertz CT molecular complexity index is 791. The molecule has 0 unspecified atom stereocenters. The summed E-state index contributed by atoms with van der Waals surface area (Å²) in [5.74, 6) is 0. The Morgan fingerprint density at radius 2 is 0.231 bits per heavy atom. The van der Waals surface area contributed by atoms with Crippen molar-refractivity contribution in [2.45, 2.75) is 0 Å². The summed E-state index contributed by atoms with van der Waals surface area (Å²) in [6, 6.07) is 0. The van der Waals surface area contributed by atoms with Crippen molar-refractivity contribution in [3.63, 3.8) is 0 Å². The second-order valence-electron chi connectivity index (χ2n) is 2.69. The maximum absolute atomic E-state index is 9.11. The fourth-order valence-corrected chi connectivity index (χ4v) is 0. The van der Waals surface area contributed by atoms with Crippen molar-refractivity contribution in [1.29, 1.82) is 0 Å². The molecule has 0 aromatic heterocycles. The molecule has 0 saturated heterocycles. The third-order valence-electron chi connectivity index (χ3n) is 0. The Labute approximate surface area is 455 Å². The van der Waals surface area contributed by atoms with E-state index in [1.165, 1.54) is 0 Å². The molecule has 0 aromatic rings. The van der Waals surface area contributed by atoms with Crippen LogP contribution >= 0.6 is 0 Å². The van der Waals surface area contributed by atoms with Crippen molar-refractivity contribution in [3.05, 3.63) is 0 Å². The fourth-order valence-electron chi connectivity index (χ4n) is 0. The molecule has 0 atom stereocenters. The monoisotopic (exact) mass is 900 g/mol. The SMILES string of the molecule is O=S(O)(O)=S.O=S(O)(O)=S.O=S(O)(O)=S.O=S(O)(O)=S.O=S(O)(O)=S.O=S(O)(O)=S.[NaH].[NaH].[NaH].[NaH].[NaH].[NaH].[NaH].[NaH].[NaH]. The molecule has 18 nitrogen and oxygen atoms in total. The van der Waals surface area contributed by atoms with Crippen molar-refractivity contribution in [2.75, 3.05) is 0 Å². The molecule has 39 heteroatoms. The Morgan fingerprint density at radius 1 is 0.231 bits per heavy atom. The van der Waals surface area contributed by atoms with Crippen LogP contribution < -0.4 is 0 Å². The molecule has 0 heterocycles. The maximum atomic E-state index is 9.11. The Kier molecular flexibility index (Phi) is 128. The van der Waals surface area contributed by atoms with Gasteiger partial charge in [0.2, 0.25) is 0 Å². The molecule has 0 fully saturated rings. The average molecular weight is 901 g/mol. The Morgan fingerprint density at radius 3 is 0.231 bits per heavy atom. The first-order chi connectivity index (χ1) is 12.0. The van der Waals surface area contributed by atoms with Gasteiger partial charge in [-0.3, -0.25) is 54.6 Å². The van der Waals surface area contributed by atoms with Gasteiger partial charge in [0.1, 0.15) is 0 Å². The van der Waals surface area contributed by atoms with E-state index in [4.69, 9.17) is 79.9 Å². The van der Waals surface area contributed by atoms with E-state index >= 15 is 0 Å². The molecule has 0 aromatic carbocycles. The first-order valence-corrected chi connectivity index (χ1v) is 18.6. The van der Waals surface area contributed by atoms with E-state index in [-0.39, 0.29) is 266 Å². The van der Waals surface area contributed by atoms with Gasteiger partial charge in [0.25, 0.3) is 54.3 Å². The summed E-state index contributed by atoms with van der Waals surface area (Å²) in [7, 11) is -23.0. The van der Waals surface area contributed by atoms with E-state index in [9.17, 15) is 0 Å². The van der Waals surface area contributed by atoms with Crippen LogP contribution in [0.1, 0.15) is 0 Å². The average Bonchev–Trinajstić information content (AvgIpc) is 1.94. The van der Waals surface area contributed by atoms with E-state index < -0.39 is 54.3 Å². The van der Waals surface area contributed by atoms with Gasteiger partial charge in [-0.1, -0.05) is 0 Å². The van der Waals surface area contributed by atoms with Crippen molar-refractivity contribution in [2.24, 2.45) is 0 Å². The van der Waals surface area contributed by atoms with Gasteiger partial charge in [0, 0.05) is 67.1 Å². The van der Waals surface area contributed by atoms with Gasteiger partial charge in [0.05, 0.1) is 0 Å². The molecule has 0 radical (unpaired) electrons. The molecule has 210 valence electrons. The standard InChI is InChI=1S/9Na.6H2O3S2.9H/c;;;;;;;;;6*1-5(2,3)4;;;;;;;;;/h;;;;;;;;;6*(H2,1,2,3,4);;;;;;;;;. The summed E-state index contributed by atoms with van der Waals surface area (Å²) >= 11 is 20.8. The summed E-state index contributed by atoms with van der Waals surface area (Å²) in [6.45, 7) is 0. The molecule has 0 rings (SSSR count). The normalized spacial score (nSPS) is 8.92. The second kappa shape index (κ2) is 50.8. The molecule has 0 aliphatic heterocycles. The molecular weight excluding hydrogens is 880 g/mol. The van der Waals surface area contributed by atoms with Crippen molar-refractivity contribution in [1.82, 2.24) is 0 Å². The molecule has 39 heavy (non-hydrogen) atoms. The van der Waals surface area contributed by atoms with Gasteiger partial charge < -0.3 is 0 Å². The van der Waals surface area contributed by atoms with Crippen LogP contribution in [-0.4, -0.2) is 346 Å². The quantitative estimate of drug-likeness (QED) is 0.100. The zero-order valence-corrected chi connectivity index (χ0v) is 22.5. The molecular formula is H21Na9O18S12. The van der Waals surface area contributed by atoms with Gasteiger partial charge in [-0.15, -0.1) is 0 Å². The predicted octanol–water partition coefficient (Wildman–Crippen LogP) is -7.76. The van der Waals surface area contributed by atoms with Gasteiger partial charge in [-0.2, -0.15) is 25.3 Å². The number of hydrogen-bond acceptors (Lipinski definition) is 12. The summed E-state index contributed by atoms with van der Waals surface area (Å²) in [5, 5.41) is 0. The summed E-state index contributed by atoms with van der Waals surface area (Å²) < 4.78 is 144. The van der Waals surface area contributed by atoms with Crippen LogP contribution in [0.5, 0.6) is 0 Å². The third-order valence-corrected chi connectivity index (χ3v) is 0. The number of hydrogen-bond donors (Lipinski definition) is 12. The van der Waals surface area contributed by atoms with E-state index in [1.54, 1.807) is 0 Å². The molecule has 12 N–H and O–H groups in total. The Hall–Kier alpha value is 10.7. The van der Waals surface area contributed by atoms with E-state index in [2.05, 4.69) is 67.1 Å². The third kappa shape index (κ3) is 923. The first kappa shape index (κ1) is 97.9. The summed E-state index contributed by atoms with van der Waals surface area (Å²) in [6.07, 6.45) is 0. The molecule has 0 aliphatic rings. The zero-order chi connectivity index (χ0) is 27.0. The molecule has 0 saturated carbocycles. The van der Waals surface area contributed by atoms with Crippen LogP contribution in [0, 0.1) is 0 Å². The molecule has 0 bridgehead atoms. The van der Waals surface area contributed by atoms with Gasteiger partial charge in [-0.25, -0.2) is 0 Å². The molecule has 0 aliphatic carbocycles. The predicted molar refractivity (Wildman–Crippen MR) is 189 cm³/mol. The van der Waals surface area contributed by atoms with E-state index in [0.29, 0.717) is 0 Å². The fraction of sp³-hybridized carbons (Fsp3) is 0. The number of rotatable bonds is 0. The van der Waals surface area contributed by atoms with E-state index in [0.717, 1.165) is 0 Å². The topological polar surface area (TPSA) is 345 Å². The Balaban J connectivity index is -0.0000000130. The van der Waals surface area contributed by atoms with Gasteiger partial charge in [-0.05, 0) is 0 Å². The van der Waals surface area contributed by atoms with Crippen molar-refractivity contribution >= 4 is 387 Å². The molecule has 0 spiro atoms. The van der Waals surface area contributed by atoms with Crippen LogP contribution in [0.15, 0.2) is 0 Å². The van der Waals surface area contributed by atoms with Gasteiger partial charge >= 0.3 is 266 Å². The van der Waals surface area contributed by atoms with E-state index in [1.807, 2.05) is 0 Å². The minimum atomic E-state index is -3.83. The van der Waals surface area contributed by atoms with Gasteiger partial charge in [0.15, 0.2) is 0 Å². The van der Waals surface area contributed by atoms with Crippen LogP contribution in [-0.2, 0) is 121 Å².